The fourth-order valence-electron chi connectivity index (χ4n) is 1.50. The van der Waals surface area contributed by atoms with Crippen molar-refractivity contribution in [2.24, 2.45) is 0 Å². The van der Waals surface area contributed by atoms with Crippen LogP contribution in [0.1, 0.15) is 0 Å². The Balaban J connectivity index is 2.28. The van der Waals surface area contributed by atoms with Crippen molar-refractivity contribution in [1.29, 1.82) is 0 Å². The summed E-state index contributed by atoms with van der Waals surface area (Å²) in [4.78, 5) is 0. The molecule has 0 aliphatic rings. The van der Waals surface area contributed by atoms with Crippen LogP contribution >= 0.6 is 7.80 Å². The van der Waals surface area contributed by atoms with E-state index in [2.05, 4.69) is 0 Å². The molecule has 2 nitrogen and oxygen atoms in total. The molecule has 0 bridgehead atoms. The third-order valence-corrected chi connectivity index (χ3v) is 4.10. The van der Waals surface area contributed by atoms with Crippen molar-refractivity contribution in [2.45, 2.75) is 0 Å². The van der Waals surface area contributed by atoms with Gasteiger partial charge in [-0.2, -0.15) is 0 Å². The first-order chi connectivity index (χ1) is 7.81. The molecule has 1 atom stereocenters. The number of hydrogen-bond donors (Lipinski definition) is 0. The predicted octanol–water partition coefficient (Wildman–Crippen LogP) is 2.21. The van der Waals surface area contributed by atoms with Crippen molar-refractivity contribution in [3.63, 3.8) is 0 Å². The topological polar surface area (TPSA) is 26.3 Å². The zero-order chi connectivity index (χ0) is 11.4. The molecular formula is C13H13O2P. The first-order valence-electron chi connectivity index (χ1n) is 5.05. The van der Waals surface area contributed by atoms with Crippen LogP contribution in [-0.4, -0.2) is 7.11 Å². The monoisotopic (exact) mass is 232 g/mol. The molecule has 0 spiro atoms. The van der Waals surface area contributed by atoms with Crippen LogP contribution in [0.4, 0.5) is 0 Å². The molecule has 0 fully saturated rings. The third-order valence-electron chi connectivity index (χ3n) is 2.39. The second-order valence-corrected chi connectivity index (χ2v) is 5.24. The standard InChI is InChI=1S/C13H13O2P/c1-15-11-7-9-13(10-8-11)16(14)12-5-3-2-4-6-12/h2-10,16H,1H3. The van der Waals surface area contributed by atoms with E-state index in [1.807, 2.05) is 54.6 Å². The SMILES string of the molecule is COc1ccc([PH](=O)c2ccccc2)cc1. The van der Waals surface area contributed by atoms with E-state index in [0.29, 0.717) is 0 Å². The van der Waals surface area contributed by atoms with Crippen LogP contribution in [0.5, 0.6) is 5.75 Å². The van der Waals surface area contributed by atoms with Gasteiger partial charge in [-0.15, -0.1) is 0 Å². The molecule has 2 aromatic carbocycles. The molecule has 0 aliphatic heterocycles. The fraction of sp³-hybridized carbons (Fsp3) is 0.0769. The number of hydrogen-bond acceptors (Lipinski definition) is 2. The molecule has 2 aromatic rings. The van der Waals surface area contributed by atoms with Crippen molar-refractivity contribution in [2.75, 3.05) is 7.11 Å². The molecule has 1 unspecified atom stereocenters. The van der Waals surface area contributed by atoms with Gasteiger partial charge in [-0.05, 0) is 24.3 Å². The van der Waals surface area contributed by atoms with Crippen LogP contribution in [0, 0.1) is 0 Å². The van der Waals surface area contributed by atoms with Crippen LogP contribution in [0.3, 0.4) is 0 Å². The summed E-state index contributed by atoms with van der Waals surface area (Å²) in [6.07, 6.45) is 0. The average Bonchev–Trinajstić information content (AvgIpc) is 2.39. The van der Waals surface area contributed by atoms with Crippen molar-refractivity contribution in [3.05, 3.63) is 54.6 Å². The lowest BCUT2D eigenvalue weighted by atomic mass is 10.3. The Morgan fingerprint density at radius 1 is 0.875 bits per heavy atom. The van der Waals surface area contributed by atoms with Gasteiger partial charge in [-0.1, -0.05) is 30.3 Å². The molecule has 0 N–H and O–H groups in total. The van der Waals surface area contributed by atoms with Gasteiger partial charge in [0.1, 0.15) is 13.6 Å². The number of rotatable bonds is 3. The molecule has 16 heavy (non-hydrogen) atoms. The Hall–Kier alpha value is -1.53. The smallest absolute Gasteiger partial charge is 0.131 e. The molecule has 0 heterocycles. The summed E-state index contributed by atoms with van der Waals surface area (Å²) in [5.41, 5.74) is 0. The first-order valence-corrected chi connectivity index (χ1v) is 6.46. The number of ether oxygens (including phenoxy) is 1. The average molecular weight is 232 g/mol. The fourth-order valence-corrected chi connectivity index (χ4v) is 2.80. The minimum atomic E-state index is -1.87. The third kappa shape index (κ3) is 2.34. The van der Waals surface area contributed by atoms with Gasteiger partial charge in [0.15, 0.2) is 0 Å². The molecule has 0 radical (unpaired) electrons. The summed E-state index contributed by atoms with van der Waals surface area (Å²) >= 11 is 0. The lowest BCUT2D eigenvalue weighted by Crippen LogP contribution is -2.05. The van der Waals surface area contributed by atoms with E-state index in [0.717, 1.165) is 16.4 Å². The Morgan fingerprint density at radius 3 is 2.00 bits per heavy atom. The molecule has 0 amide bonds. The Kier molecular flexibility index (Phi) is 3.43. The molecule has 0 saturated carbocycles. The van der Waals surface area contributed by atoms with Crippen molar-refractivity contribution in [1.82, 2.24) is 0 Å². The molecule has 0 aromatic heterocycles. The molecule has 3 heteroatoms. The zero-order valence-electron chi connectivity index (χ0n) is 9.01. The zero-order valence-corrected chi connectivity index (χ0v) is 10.0. The van der Waals surface area contributed by atoms with E-state index >= 15 is 0 Å². The van der Waals surface area contributed by atoms with Crippen LogP contribution in [0.2, 0.25) is 0 Å². The molecule has 0 aliphatic carbocycles. The summed E-state index contributed by atoms with van der Waals surface area (Å²) in [5, 5.41) is 1.75. The first kappa shape index (κ1) is 11.0. The normalized spacial score (nSPS) is 12.1. The van der Waals surface area contributed by atoms with Crippen molar-refractivity contribution < 1.29 is 9.30 Å². The van der Waals surface area contributed by atoms with Crippen LogP contribution in [0.15, 0.2) is 54.6 Å². The van der Waals surface area contributed by atoms with Gasteiger partial charge in [0, 0.05) is 10.6 Å². The maximum atomic E-state index is 12.2. The molecular weight excluding hydrogens is 219 g/mol. The van der Waals surface area contributed by atoms with E-state index in [1.54, 1.807) is 7.11 Å². The van der Waals surface area contributed by atoms with Gasteiger partial charge >= 0.3 is 0 Å². The second kappa shape index (κ2) is 5.00. The van der Waals surface area contributed by atoms with E-state index in [9.17, 15) is 4.57 Å². The van der Waals surface area contributed by atoms with E-state index < -0.39 is 7.80 Å². The van der Waals surface area contributed by atoms with Crippen molar-refractivity contribution >= 4 is 18.4 Å². The molecule has 0 saturated heterocycles. The Labute approximate surface area is 95.7 Å². The Morgan fingerprint density at radius 2 is 1.44 bits per heavy atom. The summed E-state index contributed by atoms with van der Waals surface area (Å²) in [7, 11) is -0.255. The van der Waals surface area contributed by atoms with Crippen LogP contribution in [0.25, 0.3) is 0 Å². The molecule has 82 valence electrons. The summed E-state index contributed by atoms with van der Waals surface area (Å²) in [6, 6.07) is 16.9. The minimum Gasteiger partial charge on any atom is -0.497 e. The largest absolute Gasteiger partial charge is 0.497 e. The van der Waals surface area contributed by atoms with Crippen LogP contribution < -0.4 is 15.3 Å². The van der Waals surface area contributed by atoms with Gasteiger partial charge in [0.2, 0.25) is 0 Å². The van der Waals surface area contributed by atoms with Crippen LogP contribution in [-0.2, 0) is 4.57 Å². The van der Waals surface area contributed by atoms with Gasteiger partial charge in [-0.3, -0.25) is 0 Å². The van der Waals surface area contributed by atoms with Gasteiger partial charge < -0.3 is 9.30 Å². The predicted molar refractivity (Wildman–Crippen MR) is 67.7 cm³/mol. The summed E-state index contributed by atoms with van der Waals surface area (Å²) in [5.74, 6) is 0.784. The maximum absolute atomic E-state index is 12.2. The summed E-state index contributed by atoms with van der Waals surface area (Å²) < 4.78 is 17.3. The van der Waals surface area contributed by atoms with E-state index in [1.165, 1.54) is 0 Å². The summed E-state index contributed by atoms with van der Waals surface area (Å²) in [6.45, 7) is 0. The van der Waals surface area contributed by atoms with Gasteiger partial charge in [-0.25, -0.2) is 0 Å². The van der Waals surface area contributed by atoms with Gasteiger partial charge in [0.25, 0.3) is 0 Å². The second-order valence-electron chi connectivity index (χ2n) is 3.42. The highest BCUT2D eigenvalue weighted by Crippen LogP contribution is 2.20. The molecule has 2 rings (SSSR count). The number of methoxy groups -OCH3 is 1. The minimum absolute atomic E-state index is 0.784. The van der Waals surface area contributed by atoms with E-state index in [-0.39, 0.29) is 0 Å². The van der Waals surface area contributed by atoms with Crippen molar-refractivity contribution in [3.8, 4) is 5.75 Å². The lowest BCUT2D eigenvalue weighted by molar-refractivity contribution is 0.415. The quantitative estimate of drug-likeness (QED) is 0.758. The maximum Gasteiger partial charge on any atom is 0.131 e. The highest BCUT2D eigenvalue weighted by atomic mass is 31.1. The Bertz CT molecular complexity index is 477. The highest BCUT2D eigenvalue weighted by molar-refractivity contribution is 7.61. The van der Waals surface area contributed by atoms with Gasteiger partial charge in [0.05, 0.1) is 7.11 Å². The highest BCUT2D eigenvalue weighted by Gasteiger charge is 2.05. The van der Waals surface area contributed by atoms with E-state index in [4.69, 9.17) is 4.74 Å². The lowest BCUT2D eigenvalue weighted by Gasteiger charge is -2.04. The number of benzene rings is 2.